The minimum Gasteiger partial charge on any atom is -0.478 e. The number of nitrogens with zero attached hydrogens (tertiary/aromatic N) is 3. The van der Waals surface area contributed by atoms with Gasteiger partial charge in [-0.05, 0) is 74.1 Å². The summed E-state index contributed by atoms with van der Waals surface area (Å²) in [5.41, 5.74) is 2.70. The summed E-state index contributed by atoms with van der Waals surface area (Å²) in [7, 11) is -0.414. The molecular weight excluding hydrogens is 612 g/mol. The van der Waals surface area contributed by atoms with E-state index in [0.29, 0.717) is 17.7 Å². The van der Waals surface area contributed by atoms with Crippen LogP contribution in [0.3, 0.4) is 0 Å². The average Bonchev–Trinajstić information content (AvgIpc) is 3.68. The summed E-state index contributed by atoms with van der Waals surface area (Å²) >= 11 is 3.43. The number of carbonyl (C=O) groups excluding carboxylic acids is 2. The van der Waals surface area contributed by atoms with Crippen LogP contribution < -0.4 is 15.5 Å². The molecule has 1 aromatic carbocycles. The number of sulfonamides is 1. The zero-order chi connectivity index (χ0) is 29.9. The summed E-state index contributed by atoms with van der Waals surface area (Å²) in [5, 5.41) is 14.4. The van der Waals surface area contributed by atoms with E-state index >= 15 is 0 Å². The normalized spacial score (nSPS) is 21.4. The lowest BCUT2D eigenvalue weighted by atomic mass is 9.92. The smallest absolute Gasteiger partial charge is 0.268 e. The van der Waals surface area contributed by atoms with Crippen LogP contribution in [0.4, 0.5) is 5.69 Å². The van der Waals surface area contributed by atoms with Gasteiger partial charge in [-0.3, -0.25) is 13.9 Å². The highest BCUT2D eigenvalue weighted by atomic mass is 79.9. The van der Waals surface area contributed by atoms with Crippen molar-refractivity contribution in [3.8, 4) is 0 Å². The zero-order valence-electron chi connectivity index (χ0n) is 23.5. The monoisotopic (exact) mass is 646 g/mol. The van der Waals surface area contributed by atoms with Crippen molar-refractivity contribution in [2.45, 2.75) is 38.3 Å². The van der Waals surface area contributed by atoms with Crippen LogP contribution in [0.5, 0.6) is 0 Å². The highest BCUT2D eigenvalue weighted by Gasteiger charge is 2.37. The van der Waals surface area contributed by atoms with Crippen LogP contribution in [0, 0.1) is 11.3 Å². The van der Waals surface area contributed by atoms with E-state index in [1.807, 2.05) is 24.3 Å². The Balaban J connectivity index is 1.61. The van der Waals surface area contributed by atoms with Crippen molar-refractivity contribution in [2.24, 2.45) is 10.9 Å². The molecule has 1 aromatic rings. The lowest BCUT2D eigenvalue weighted by molar-refractivity contribution is -0.123. The van der Waals surface area contributed by atoms with Crippen molar-refractivity contribution in [2.75, 3.05) is 38.3 Å². The SMILES string of the molecule is CNC(=O)/C(=C1\C=C(C2CC2)C(N(CCCNC(=O)C2N=COC2C)S(C)(=O)=O)=CC1=N)N(C)c1ccc(Br)cc1. The van der Waals surface area contributed by atoms with E-state index < -0.39 is 16.1 Å². The third-order valence-corrected chi connectivity index (χ3v) is 8.86. The molecule has 2 aliphatic carbocycles. The van der Waals surface area contributed by atoms with Crippen molar-refractivity contribution in [3.05, 3.63) is 63.4 Å². The van der Waals surface area contributed by atoms with Crippen molar-refractivity contribution < 1.29 is 22.7 Å². The van der Waals surface area contributed by atoms with Gasteiger partial charge in [0.05, 0.1) is 17.7 Å². The van der Waals surface area contributed by atoms with Gasteiger partial charge < -0.3 is 25.7 Å². The Morgan fingerprint density at radius 2 is 1.88 bits per heavy atom. The number of rotatable bonds is 11. The summed E-state index contributed by atoms with van der Waals surface area (Å²) in [5.74, 6) is -0.514. The molecular formula is C28H35BrN6O5S. The van der Waals surface area contributed by atoms with Crippen LogP contribution in [0.2, 0.25) is 0 Å². The standard InChI is InChI=1S/C28H35BrN6O5S/c1-17-25(33-16-40-17)27(36)32-12-5-13-35(41(4,38)39)24-15-23(30)22(14-21(24)18-6-7-18)26(28(37)31-2)34(3)20-10-8-19(29)9-11-20/h8-11,14-18,25,30H,5-7,12-13H2,1-4H3,(H,31,37)(H,32,36)/b26-22-,30-23?. The molecule has 3 N–H and O–H groups in total. The molecule has 11 nitrogen and oxygen atoms in total. The number of amides is 2. The predicted octanol–water partition coefficient (Wildman–Crippen LogP) is 2.72. The minimum atomic E-state index is -3.71. The van der Waals surface area contributed by atoms with Gasteiger partial charge >= 0.3 is 0 Å². The summed E-state index contributed by atoms with van der Waals surface area (Å²) in [4.78, 5) is 31.3. The molecule has 2 amide bonds. The van der Waals surface area contributed by atoms with E-state index in [4.69, 9.17) is 10.1 Å². The number of allylic oxidation sites excluding steroid dienone is 4. The molecule has 1 heterocycles. The van der Waals surface area contributed by atoms with Gasteiger partial charge in [-0.15, -0.1) is 0 Å². The van der Waals surface area contributed by atoms with Crippen LogP contribution >= 0.6 is 15.9 Å². The Morgan fingerprint density at radius 3 is 2.44 bits per heavy atom. The Bertz CT molecular complexity index is 1450. The van der Waals surface area contributed by atoms with E-state index in [9.17, 15) is 18.0 Å². The van der Waals surface area contributed by atoms with Crippen LogP contribution in [0.1, 0.15) is 26.2 Å². The molecule has 1 fully saturated rings. The zero-order valence-corrected chi connectivity index (χ0v) is 25.9. The summed E-state index contributed by atoms with van der Waals surface area (Å²) in [6.45, 7) is 2.12. The lowest BCUT2D eigenvalue weighted by Crippen LogP contribution is -2.40. The first-order valence-electron chi connectivity index (χ1n) is 13.3. The second-order valence-electron chi connectivity index (χ2n) is 10.2. The summed E-state index contributed by atoms with van der Waals surface area (Å²) in [6.07, 6.45) is 7.50. The van der Waals surface area contributed by atoms with Crippen molar-refractivity contribution >= 4 is 55.6 Å². The summed E-state index contributed by atoms with van der Waals surface area (Å²) in [6, 6.07) is 6.85. The number of aliphatic imine (C=N–C) groups is 1. The lowest BCUT2D eigenvalue weighted by Gasteiger charge is -2.31. The molecule has 13 heteroatoms. The van der Waals surface area contributed by atoms with Crippen LogP contribution in [-0.2, 0) is 24.3 Å². The van der Waals surface area contributed by atoms with Gasteiger partial charge in [0, 0.05) is 42.9 Å². The van der Waals surface area contributed by atoms with E-state index in [-0.39, 0.29) is 48.3 Å². The molecule has 0 aromatic heterocycles. The molecule has 0 spiro atoms. The maximum atomic E-state index is 13.1. The van der Waals surface area contributed by atoms with Crippen molar-refractivity contribution in [3.63, 3.8) is 0 Å². The molecule has 2 unspecified atom stereocenters. The molecule has 1 aliphatic heterocycles. The molecule has 41 heavy (non-hydrogen) atoms. The third kappa shape index (κ3) is 7.07. The molecule has 0 saturated heterocycles. The van der Waals surface area contributed by atoms with Gasteiger partial charge in [0.25, 0.3) is 5.91 Å². The number of anilines is 1. The number of hydrogen-bond donors (Lipinski definition) is 3. The fourth-order valence-electron chi connectivity index (χ4n) is 4.78. The molecule has 220 valence electrons. The molecule has 0 bridgehead atoms. The Kier molecular flexibility index (Phi) is 9.37. The first kappa shape index (κ1) is 30.5. The maximum Gasteiger partial charge on any atom is 0.268 e. The molecule has 0 radical (unpaired) electrons. The molecule has 2 atom stereocenters. The van der Waals surface area contributed by atoms with Gasteiger partial charge in [0.15, 0.2) is 12.4 Å². The number of carbonyl (C=O) groups is 2. The highest BCUT2D eigenvalue weighted by molar-refractivity contribution is 9.10. The largest absolute Gasteiger partial charge is 0.478 e. The van der Waals surface area contributed by atoms with Gasteiger partial charge in [-0.1, -0.05) is 15.9 Å². The Labute approximate surface area is 249 Å². The predicted molar refractivity (Wildman–Crippen MR) is 162 cm³/mol. The number of likely N-dealkylation sites (N-methyl/N-ethyl adjacent to an activating group) is 2. The van der Waals surface area contributed by atoms with Gasteiger partial charge in [-0.25, -0.2) is 13.4 Å². The number of halogens is 1. The molecule has 3 aliphatic rings. The quantitative estimate of drug-likeness (QED) is 0.249. The second kappa shape index (κ2) is 12.6. The fourth-order valence-corrected chi connectivity index (χ4v) is 6.02. The first-order chi connectivity index (χ1) is 19.4. The van der Waals surface area contributed by atoms with Crippen molar-refractivity contribution in [1.29, 1.82) is 5.41 Å². The number of benzene rings is 1. The average molecular weight is 648 g/mol. The van der Waals surface area contributed by atoms with Crippen LogP contribution in [0.25, 0.3) is 0 Å². The number of ether oxygens (including phenoxy) is 1. The van der Waals surface area contributed by atoms with Gasteiger partial charge in [0.2, 0.25) is 15.9 Å². The van der Waals surface area contributed by atoms with Gasteiger partial charge in [-0.2, -0.15) is 0 Å². The van der Waals surface area contributed by atoms with E-state index in [1.165, 1.54) is 23.8 Å². The van der Waals surface area contributed by atoms with Crippen LogP contribution in [0.15, 0.2) is 68.4 Å². The van der Waals surface area contributed by atoms with Crippen LogP contribution in [-0.4, -0.2) is 82.2 Å². The molecule has 4 rings (SSSR count). The van der Waals surface area contributed by atoms with Crippen molar-refractivity contribution in [1.82, 2.24) is 14.9 Å². The van der Waals surface area contributed by atoms with E-state index in [0.717, 1.165) is 34.8 Å². The van der Waals surface area contributed by atoms with E-state index in [1.54, 1.807) is 24.9 Å². The summed E-state index contributed by atoms with van der Waals surface area (Å²) < 4.78 is 33.3. The Hall–Kier alpha value is -3.45. The topological polar surface area (TPSA) is 144 Å². The maximum absolute atomic E-state index is 13.1. The van der Waals surface area contributed by atoms with Gasteiger partial charge in [0.1, 0.15) is 11.8 Å². The minimum absolute atomic E-state index is 0.0296. The number of hydrogen-bond acceptors (Lipinski definition) is 8. The number of nitrogens with one attached hydrogen (secondary N) is 3. The first-order valence-corrected chi connectivity index (χ1v) is 16.0. The molecule has 1 saturated carbocycles. The highest BCUT2D eigenvalue weighted by Crippen LogP contribution is 2.44. The fraction of sp³-hybridized carbons (Fsp3) is 0.429. The van der Waals surface area contributed by atoms with E-state index in [2.05, 4.69) is 31.6 Å². The Morgan fingerprint density at radius 1 is 1.20 bits per heavy atom. The third-order valence-electron chi connectivity index (χ3n) is 7.15. The second-order valence-corrected chi connectivity index (χ2v) is 13.0.